The predicted molar refractivity (Wildman–Crippen MR) is 85.8 cm³/mol. The highest BCUT2D eigenvalue weighted by Gasteiger charge is 2.11. The smallest absolute Gasteiger partial charge is 0.269 e. The van der Waals surface area contributed by atoms with Gasteiger partial charge in [-0.1, -0.05) is 6.07 Å². The molecule has 1 aliphatic heterocycles. The van der Waals surface area contributed by atoms with E-state index in [4.69, 9.17) is 5.73 Å². The number of rotatable bonds is 5. The number of nitrogens with zero attached hydrogens (tertiary/aromatic N) is 2. The number of nitrogen functional groups attached to an aromatic ring is 1. The monoisotopic (exact) mass is 320 g/mol. The van der Waals surface area contributed by atoms with Crippen LogP contribution in [0.2, 0.25) is 0 Å². The van der Waals surface area contributed by atoms with Gasteiger partial charge >= 0.3 is 0 Å². The molecule has 2 heterocycles. The van der Waals surface area contributed by atoms with E-state index in [1.807, 2.05) is 0 Å². The van der Waals surface area contributed by atoms with Crippen LogP contribution in [-0.4, -0.2) is 42.0 Å². The van der Waals surface area contributed by atoms with E-state index < -0.39 is 0 Å². The van der Waals surface area contributed by atoms with Gasteiger partial charge in [-0.2, -0.15) is 0 Å². The average Bonchev–Trinajstić information content (AvgIpc) is 2.87. The molecule has 20 heavy (non-hydrogen) atoms. The van der Waals surface area contributed by atoms with Gasteiger partial charge in [-0.05, 0) is 51.0 Å². The second-order valence-corrected chi connectivity index (χ2v) is 4.61. The van der Waals surface area contributed by atoms with E-state index in [-0.39, 0.29) is 30.7 Å². The maximum atomic E-state index is 11.8. The van der Waals surface area contributed by atoms with Gasteiger partial charge in [0.25, 0.3) is 5.91 Å². The zero-order chi connectivity index (χ0) is 12.8. The number of amides is 1. The number of nitrogens with two attached hydrogens (primary N) is 1. The van der Waals surface area contributed by atoms with Crippen LogP contribution >= 0.6 is 24.8 Å². The average molecular weight is 321 g/mol. The van der Waals surface area contributed by atoms with Gasteiger partial charge in [0.1, 0.15) is 11.5 Å². The Morgan fingerprint density at radius 1 is 1.30 bits per heavy atom. The van der Waals surface area contributed by atoms with E-state index in [1.54, 1.807) is 18.2 Å². The molecule has 0 aromatic carbocycles. The molecular weight excluding hydrogens is 299 g/mol. The maximum absolute atomic E-state index is 11.8. The molecule has 1 aromatic rings. The van der Waals surface area contributed by atoms with Crippen LogP contribution in [0.25, 0.3) is 0 Å². The van der Waals surface area contributed by atoms with Crippen molar-refractivity contribution in [2.24, 2.45) is 0 Å². The standard InChI is InChI=1S/C13H20N4O.2ClH/c14-12-6-3-5-11(16-12)13(18)15-7-4-10-17-8-1-2-9-17;;/h3,5-6H,1-2,4,7-10H2,(H2,14,16)(H,15,18);2*1H. The van der Waals surface area contributed by atoms with Crippen molar-refractivity contribution in [3.63, 3.8) is 0 Å². The molecule has 1 aromatic heterocycles. The Bertz CT molecular complexity index is 411. The van der Waals surface area contributed by atoms with Crippen LogP contribution in [-0.2, 0) is 0 Å². The topological polar surface area (TPSA) is 71.2 Å². The molecule has 7 heteroatoms. The number of hydrogen-bond acceptors (Lipinski definition) is 4. The summed E-state index contributed by atoms with van der Waals surface area (Å²) >= 11 is 0. The minimum Gasteiger partial charge on any atom is -0.384 e. The molecule has 2 rings (SSSR count). The van der Waals surface area contributed by atoms with Crippen molar-refractivity contribution in [3.05, 3.63) is 23.9 Å². The van der Waals surface area contributed by atoms with Crippen LogP contribution < -0.4 is 11.1 Å². The Labute approximate surface area is 132 Å². The SMILES string of the molecule is Cl.Cl.Nc1cccc(C(=O)NCCCN2CCCC2)n1. The molecule has 1 aliphatic rings. The van der Waals surface area contributed by atoms with E-state index in [0.717, 1.165) is 13.0 Å². The first-order valence-corrected chi connectivity index (χ1v) is 6.49. The summed E-state index contributed by atoms with van der Waals surface area (Å²) in [5, 5.41) is 2.87. The van der Waals surface area contributed by atoms with E-state index in [1.165, 1.54) is 25.9 Å². The van der Waals surface area contributed by atoms with Crippen molar-refractivity contribution >= 4 is 36.5 Å². The molecule has 1 amide bonds. The van der Waals surface area contributed by atoms with Gasteiger partial charge in [0, 0.05) is 6.54 Å². The second-order valence-electron chi connectivity index (χ2n) is 4.61. The molecule has 1 saturated heterocycles. The zero-order valence-electron chi connectivity index (χ0n) is 11.4. The van der Waals surface area contributed by atoms with E-state index >= 15 is 0 Å². The lowest BCUT2D eigenvalue weighted by Gasteiger charge is -2.14. The first-order valence-electron chi connectivity index (χ1n) is 6.49. The minimum atomic E-state index is -0.149. The van der Waals surface area contributed by atoms with Crippen LogP contribution in [0.5, 0.6) is 0 Å². The molecule has 5 nitrogen and oxygen atoms in total. The lowest BCUT2D eigenvalue weighted by molar-refractivity contribution is 0.0947. The van der Waals surface area contributed by atoms with Gasteiger partial charge in [0.15, 0.2) is 0 Å². The number of aromatic nitrogens is 1. The summed E-state index contributed by atoms with van der Waals surface area (Å²) in [4.78, 5) is 18.2. The number of likely N-dealkylation sites (tertiary alicyclic amines) is 1. The molecule has 1 fully saturated rings. The molecule has 3 N–H and O–H groups in total. The first-order chi connectivity index (χ1) is 8.75. The third-order valence-electron chi connectivity index (χ3n) is 3.14. The van der Waals surface area contributed by atoms with E-state index in [2.05, 4.69) is 15.2 Å². The van der Waals surface area contributed by atoms with Crippen LogP contribution in [0.4, 0.5) is 5.82 Å². The van der Waals surface area contributed by atoms with Gasteiger partial charge in [-0.25, -0.2) is 4.98 Å². The zero-order valence-corrected chi connectivity index (χ0v) is 13.0. The minimum absolute atomic E-state index is 0. The van der Waals surface area contributed by atoms with Gasteiger partial charge in [-0.15, -0.1) is 24.8 Å². The van der Waals surface area contributed by atoms with Crippen LogP contribution in [0.15, 0.2) is 18.2 Å². The fourth-order valence-corrected chi connectivity index (χ4v) is 2.18. The van der Waals surface area contributed by atoms with Crippen molar-refractivity contribution in [1.29, 1.82) is 0 Å². The molecule has 0 aliphatic carbocycles. The third kappa shape index (κ3) is 5.94. The fourth-order valence-electron chi connectivity index (χ4n) is 2.18. The lowest BCUT2D eigenvalue weighted by atomic mass is 10.3. The quantitative estimate of drug-likeness (QED) is 0.810. The van der Waals surface area contributed by atoms with Crippen LogP contribution in [0.3, 0.4) is 0 Å². The molecular formula is C13H22Cl2N4O. The molecule has 0 bridgehead atoms. The molecule has 0 saturated carbocycles. The Morgan fingerprint density at radius 3 is 2.65 bits per heavy atom. The molecule has 0 spiro atoms. The van der Waals surface area contributed by atoms with Crippen molar-refractivity contribution in [2.45, 2.75) is 19.3 Å². The van der Waals surface area contributed by atoms with Crippen molar-refractivity contribution < 1.29 is 4.79 Å². The highest BCUT2D eigenvalue weighted by molar-refractivity contribution is 5.92. The van der Waals surface area contributed by atoms with Crippen molar-refractivity contribution in [1.82, 2.24) is 15.2 Å². The number of halogens is 2. The summed E-state index contributed by atoms with van der Waals surface area (Å²) in [6, 6.07) is 5.08. The summed E-state index contributed by atoms with van der Waals surface area (Å²) in [6.45, 7) is 4.14. The van der Waals surface area contributed by atoms with Crippen molar-refractivity contribution in [3.8, 4) is 0 Å². The summed E-state index contributed by atoms with van der Waals surface area (Å²) in [5.74, 6) is 0.225. The maximum Gasteiger partial charge on any atom is 0.269 e. The third-order valence-corrected chi connectivity index (χ3v) is 3.14. The second kappa shape index (κ2) is 9.80. The molecule has 114 valence electrons. The number of carbonyl (C=O) groups excluding carboxylic acids is 1. The summed E-state index contributed by atoms with van der Waals surface area (Å²) in [5.41, 5.74) is 5.92. The Morgan fingerprint density at radius 2 is 2.00 bits per heavy atom. The van der Waals surface area contributed by atoms with E-state index in [0.29, 0.717) is 18.1 Å². The summed E-state index contributed by atoms with van der Waals surface area (Å²) in [7, 11) is 0. The largest absolute Gasteiger partial charge is 0.384 e. The van der Waals surface area contributed by atoms with Crippen LogP contribution in [0.1, 0.15) is 29.8 Å². The highest BCUT2D eigenvalue weighted by Crippen LogP contribution is 2.07. The van der Waals surface area contributed by atoms with Gasteiger partial charge in [0.2, 0.25) is 0 Å². The van der Waals surface area contributed by atoms with Gasteiger partial charge in [0.05, 0.1) is 0 Å². The highest BCUT2D eigenvalue weighted by atomic mass is 35.5. The number of pyridine rings is 1. The summed E-state index contributed by atoms with van der Waals surface area (Å²) in [6.07, 6.45) is 3.59. The molecule has 0 radical (unpaired) electrons. The Balaban J connectivity index is 0.00000180. The van der Waals surface area contributed by atoms with Crippen LogP contribution in [0, 0.1) is 0 Å². The van der Waals surface area contributed by atoms with Gasteiger partial charge < -0.3 is 16.0 Å². The summed E-state index contributed by atoms with van der Waals surface area (Å²) < 4.78 is 0. The van der Waals surface area contributed by atoms with Crippen molar-refractivity contribution in [2.75, 3.05) is 31.9 Å². The first kappa shape index (κ1) is 19.0. The number of hydrogen-bond donors (Lipinski definition) is 2. The number of nitrogens with one attached hydrogen (secondary N) is 1. The van der Waals surface area contributed by atoms with Gasteiger partial charge in [-0.3, -0.25) is 4.79 Å². The molecule has 0 unspecified atom stereocenters. The predicted octanol–water partition coefficient (Wildman–Crippen LogP) is 1.72. The van der Waals surface area contributed by atoms with E-state index in [9.17, 15) is 4.79 Å². The molecule has 0 atom stereocenters. The number of carbonyl (C=O) groups is 1. The number of anilines is 1. The Kier molecular flexibility index (Phi) is 9.29. The fraction of sp³-hybridized carbons (Fsp3) is 0.538. The lowest BCUT2D eigenvalue weighted by Crippen LogP contribution is -2.29. The Hall–Kier alpha value is -1.04. The normalized spacial score (nSPS) is 14.2.